The summed E-state index contributed by atoms with van der Waals surface area (Å²) in [6.07, 6.45) is 0. The summed E-state index contributed by atoms with van der Waals surface area (Å²) in [5.74, 6) is 0.686. The number of pyridine rings is 1. The van der Waals surface area contributed by atoms with Crippen molar-refractivity contribution in [3.05, 3.63) is 53.6 Å². The van der Waals surface area contributed by atoms with E-state index in [0.717, 1.165) is 32.4 Å². The smallest absolute Gasteiger partial charge is 0.236 e. The molecule has 2 aromatic heterocycles. The van der Waals surface area contributed by atoms with Crippen LogP contribution in [0.15, 0.2) is 47.5 Å². The lowest BCUT2D eigenvalue weighted by Gasteiger charge is -2.07. The van der Waals surface area contributed by atoms with Crippen LogP contribution in [0.25, 0.3) is 21.1 Å². The topological polar surface area (TPSA) is 87.9 Å². The molecule has 8 heteroatoms. The molecule has 2 aromatic carbocycles. The number of aromatic nitrogens is 2. The predicted octanol–water partition coefficient (Wildman–Crippen LogP) is 4.76. The number of hydrogen-bond acceptors (Lipinski definition) is 7. The number of fused-ring (bicyclic) bond motifs is 2. The molecule has 0 saturated heterocycles. The first-order valence-electron chi connectivity index (χ1n) is 8.75. The zero-order valence-electron chi connectivity index (χ0n) is 15.7. The highest BCUT2D eigenvalue weighted by molar-refractivity contribution is 8.00. The fraction of sp³-hybridized carbons (Fsp3) is 0.143. The monoisotopic (exact) mass is 420 g/mol. The molecule has 1 amide bonds. The highest BCUT2D eigenvalue weighted by atomic mass is 32.2. The van der Waals surface area contributed by atoms with Gasteiger partial charge in [0.15, 0.2) is 5.13 Å². The van der Waals surface area contributed by atoms with Gasteiger partial charge >= 0.3 is 0 Å². The highest BCUT2D eigenvalue weighted by Crippen LogP contribution is 2.30. The molecule has 6 nitrogen and oxygen atoms in total. The summed E-state index contributed by atoms with van der Waals surface area (Å²) in [7, 11) is 1.61. The molecule has 2 heterocycles. The summed E-state index contributed by atoms with van der Waals surface area (Å²) in [6.45, 7) is 1.98. The molecule has 0 aliphatic rings. The molecule has 0 spiro atoms. The highest BCUT2D eigenvalue weighted by Gasteiger charge is 2.13. The SMILES string of the molecule is COc1ccc2nc(NC(=O)CSc3nc4c(C)cccc4cc3C#N)sc2c1. The molecule has 29 heavy (non-hydrogen) atoms. The second-order valence-electron chi connectivity index (χ2n) is 6.29. The lowest BCUT2D eigenvalue weighted by Crippen LogP contribution is -2.14. The number of benzene rings is 2. The van der Waals surface area contributed by atoms with Crippen LogP contribution >= 0.6 is 23.1 Å². The van der Waals surface area contributed by atoms with Crippen LogP contribution in [0.5, 0.6) is 5.75 Å². The van der Waals surface area contributed by atoms with E-state index in [2.05, 4.69) is 21.4 Å². The van der Waals surface area contributed by atoms with Crippen molar-refractivity contribution in [2.45, 2.75) is 11.9 Å². The van der Waals surface area contributed by atoms with Gasteiger partial charge in [-0.1, -0.05) is 41.3 Å². The van der Waals surface area contributed by atoms with E-state index in [0.29, 0.717) is 15.7 Å². The Kier molecular flexibility index (Phi) is 5.34. The number of aryl methyl sites for hydroxylation is 1. The Hall–Kier alpha value is -3.15. The van der Waals surface area contributed by atoms with Gasteiger partial charge in [0.05, 0.1) is 34.2 Å². The van der Waals surface area contributed by atoms with Gasteiger partial charge in [-0.2, -0.15) is 5.26 Å². The number of carbonyl (C=O) groups is 1. The van der Waals surface area contributed by atoms with Crippen LogP contribution in [0.2, 0.25) is 0 Å². The molecule has 4 rings (SSSR count). The zero-order valence-corrected chi connectivity index (χ0v) is 17.4. The standard InChI is InChI=1S/C21H16N4O2S2/c1-12-4-3-5-13-8-14(10-22)20(25-19(12)13)28-11-18(26)24-21-23-16-7-6-15(27-2)9-17(16)29-21/h3-9H,11H2,1-2H3,(H,23,24,26). The maximum atomic E-state index is 12.4. The summed E-state index contributed by atoms with van der Waals surface area (Å²) in [5.41, 5.74) is 3.14. The van der Waals surface area contributed by atoms with Crippen LogP contribution in [-0.4, -0.2) is 28.7 Å². The van der Waals surface area contributed by atoms with Crippen LogP contribution in [0, 0.1) is 18.3 Å². The van der Waals surface area contributed by atoms with Crippen molar-refractivity contribution in [3.8, 4) is 11.8 Å². The third-order valence-electron chi connectivity index (χ3n) is 4.31. The normalized spacial score (nSPS) is 10.8. The van der Waals surface area contributed by atoms with E-state index in [1.165, 1.54) is 23.1 Å². The van der Waals surface area contributed by atoms with Crippen molar-refractivity contribution in [2.24, 2.45) is 0 Å². The first-order chi connectivity index (χ1) is 14.1. The van der Waals surface area contributed by atoms with Crippen LogP contribution in [0.3, 0.4) is 0 Å². The lowest BCUT2D eigenvalue weighted by molar-refractivity contribution is -0.113. The van der Waals surface area contributed by atoms with E-state index in [9.17, 15) is 10.1 Å². The molecule has 0 atom stereocenters. The summed E-state index contributed by atoms with van der Waals surface area (Å²) >= 11 is 2.63. The Labute approximate surface area is 175 Å². The van der Waals surface area contributed by atoms with E-state index in [4.69, 9.17) is 4.74 Å². The number of methoxy groups -OCH3 is 1. The summed E-state index contributed by atoms with van der Waals surface area (Å²) in [5, 5.41) is 14.3. The molecular weight excluding hydrogens is 404 g/mol. The summed E-state index contributed by atoms with van der Waals surface area (Å²) in [4.78, 5) is 21.5. The van der Waals surface area contributed by atoms with Crippen molar-refractivity contribution >= 4 is 55.3 Å². The number of hydrogen-bond donors (Lipinski definition) is 1. The fourth-order valence-corrected chi connectivity index (χ4v) is 4.56. The predicted molar refractivity (Wildman–Crippen MR) is 117 cm³/mol. The molecule has 144 valence electrons. The van der Waals surface area contributed by atoms with E-state index >= 15 is 0 Å². The lowest BCUT2D eigenvalue weighted by atomic mass is 10.1. The molecule has 0 bridgehead atoms. The van der Waals surface area contributed by atoms with Crippen molar-refractivity contribution in [1.82, 2.24) is 9.97 Å². The number of rotatable bonds is 5. The quantitative estimate of drug-likeness (QED) is 0.468. The van der Waals surface area contributed by atoms with Crippen molar-refractivity contribution < 1.29 is 9.53 Å². The molecule has 0 unspecified atom stereocenters. The molecule has 0 saturated carbocycles. The van der Waals surface area contributed by atoms with Crippen LogP contribution in [0.4, 0.5) is 5.13 Å². The molecule has 0 radical (unpaired) electrons. The number of ether oxygens (including phenoxy) is 1. The third-order valence-corrected chi connectivity index (χ3v) is 6.24. The number of thiazole rings is 1. The number of nitrogens with one attached hydrogen (secondary N) is 1. The zero-order chi connectivity index (χ0) is 20.4. The van der Waals surface area contributed by atoms with Gasteiger partial charge in [-0.3, -0.25) is 4.79 Å². The minimum Gasteiger partial charge on any atom is -0.497 e. The Balaban J connectivity index is 1.49. The average molecular weight is 421 g/mol. The molecule has 1 N–H and O–H groups in total. The molecule has 4 aromatic rings. The molecule has 0 aliphatic heterocycles. The number of nitriles is 1. The molecule has 0 aliphatic carbocycles. The fourth-order valence-electron chi connectivity index (χ4n) is 2.89. The maximum absolute atomic E-state index is 12.4. The number of anilines is 1. The number of nitrogens with zero attached hydrogens (tertiary/aromatic N) is 3. The van der Waals surface area contributed by atoms with Gasteiger partial charge in [-0.15, -0.1) is 0 Å². The third kappa shape index (κ3) is 4.01. The number of para-hydroxylation sites is 1. The van der Waals surface area contributed by atoms with Gasteiger partial charge < -0.3 is 10.1 Å². The van der Waals surface area contributed by atoms with E-state index < -0.39 is 0 Å². The molecule has 0 fully saturated rings. The van der Waals surface area contributed by atoms with E-state index in [-0.39, 0.29) is 11.7 Å². The van der Waals surface area contributed by atoms with Gasteiger partial charge in [-0.05, 0) is 36.8 Å². The number of thioether (sulfide) groups is 1. The average Bonchev–Trinajstić information content (AvgIpc) is 3.13. The first kappa shape index (κ1) is 19.2. The number of carbonyl (C=O) groups excluding carboxylic acids is 1. The summed E-state index contributed by atoms with van der Waals surface area (Å²) < 4.78 is 6.15. The van der Waals surface area contributed by atoms with Crippen LogP contribution in [-0.2, 0) is 4.79 Å². The Morgan fingerprint density at radius 1 is 1.28 bits per heavy atom. The van der Waals surface area contributed by atoms with Gasteiger partial charge in [0, 0.05) is 5.39 Å². The maximum Gasteiger partial charge on any atom is 0.236 e. The Bertz CT molecular complexity index is 1280. The van der Waals surface area contributed by atoms with Gasteiger partial charge in [-0.25, -0.2) is 9.97 Å². The Morgan fingerprint density at radius 3 is 2.93 bits per heavy atom. The molecular formula is C21H16N4O2S2. The minimum atomic E-state index is -0.198. The second kappa shape index (κ2) is 8.07. The van der Waals surface area contributed by atoms with Gasteiger partial charge in [0.25, 0.3) is 0 Å². The first-order valence-corrected chi connectivity index (χ1v) is 10.6. The van der Waals surface area contributed by atoms with Gasteiger partial charge in [0.1, 0.15) is 16.8 Å². The second-order valence-corrected chi connectivity index (χ2v) is 8.28. The minimum absolute atomic E-state index is 0.137. The Morgan fingerprint density at radius 2 is 2.14 bits per heavy atom. The van der Waals surface area contributed by atoms with Crippen molar-refractivity contribution in [2.75, 3.05) is 18.2 Å². The van der Waals surface area contributed by atoms with Crippen LogP contribution < -0.4 is 10.1 Å². The number of amides is 1. The summed E-state index contributed by atoms with van der Waals surface area (Å²) in [6, 6.07) is 15.4. The van der Waals surface area contributed by atoms with Crippen molar-refractivity contribution in [3.63, 3.8) is 0 Å². The van der Waals surface area contributed by atoms with E-state index in [1.54, 1.807) is 7.11 Å². The van der Waals surface area contributed by atoms with Crippen molar-refractivity contribution in [1.29, 1.82) is 5.26 Å². The largest absolute Gasteiger partial charge is 0.497 e. The van der Waals surface area contributed by atoms with Gasteiger partial charge in [0.2, 0.25) is 5.91 Å². The van der Waals surface area contributed by atoms with E-state index in [1.807, 2.05) is 49.4 Å². The van der Waals surface area contributed by atoms with Crippen LogP contribution in [0.1, 0.15) is 11.1 Å².